The highest BCUT2D eigenvalue weighted by atomic mass is 16.2. The van der Waals surface area contributed by atoms with E-state index in [0.717, 1.165) is 5.56 Å². The highest BCUT2D eigenvalue weighted by Gasteiger charge is 2.17. The van der Waals surface area contributed by atoms with Crippen molar-refractivity contribution in [3.8, 4) is 0 Å². The van der Waals surface area contributed by atoms with Crippen LogP contribution in [0.3, 0.4) is 0 Å². The Morgan fingerprint density at radius 1 is 1.10 bits per heavy atom. The van der Waals surface area contributed by atoms with Gasteiger partial charge < -0.3 is 11.1 Å². The maximum Gasteiger partial charge on any atom is 0.240 e. The monoisotopic (exact) mass is 276 g/mol. The highest BCUT2D eigenvalue weighted by molar-refractivity contribution is 6.42. The highest BCUT2D eigenvalue weighted by Crippen LogP contribution is 2.08. The second kappa shape index (κ2) is 6.60. The predicted molar refractivity (Wildman–Crippen MR) is 72.0 cm³/mol. The largest absolute Gasteiger partial charge is 0.368 e. The Hall–Kier alpha value is -2.50. The Labute approximate surface area is 116 Å². The molecule has 0 fully saturated rings. The molecular weight excluding hydrogens is 260 g/mol. The van der Waals surface area contributed by atoms with Crippen LogP contribution in [0.5, 0.6) is 0 Å². The number of hydrogen-bond donors (Lipinski definition) is 2. The van der Waals surface area contributed by atoms with Gasteiger partial charge in [0.2, 0.25) is 17.6 Å². The number of benzene rings is 1. The van der Waals surface area contributed by atoms with E-state index in [1.54, 1.807) is 12.1 Å². The molecule has 0 spiro atoms. The van der Waals surface area contributed by atoms with Gasteiger partial charge >= 0.3 is 0 Å². The molecule has 0 heterocycles. The van der Waals surface area contributed by atoms with Gasteiger partial charge in [0.1, 0.15) is 6.04 Å². The number of nitrogens with two attached hydrogens (primary N) is 1. The van der Waals surface area contributed by atoms with Gasteiger partial charge in [0.05, 0.1) is 0 Å². The van der Waals surface area contributed by atoms with Gasteiger partial charge in [0, 0.05) is 25.8 Å². The van der Waals surface area contributed by atoms with E-state index >= 15 is 0 Å². The van der Waals surface area contributed by atoms with Crippen LogP contribution < -0.4 is 11.1 Å². The van der Waals surface area contributed by atoms with Crippen molar-refractivity contribution in [3.63, 3.8) is 0 Å². The number of carbonyl (C=O) groups is 4. The average molecular weight is 276 g/mol. The summed E-state index contributed by atoms with van der Waals surface area (Å²) in [5.74, 6) is -2.09. The molecule has 0 saturated heterocycles. The topological polar surface area (TPSA) is 106 Å². The number of hydrogen-bond acceptors (Lipinski definition) is 4. The fraction of sp³-hybridized carbons (Fsp3) is 0.286. The van der Waals surface area contributed by atoms with E-state index < -0.39 is 23.5 Å². The van der Waals surface area contributed by atoms with Crippen molar-refractivity contribution in [1.82, 2.24) is 5.32 Å². The molecule has 2 amide bonds. The molecule has 1 aromatic carbocycles. The molecule has 106 valence electrons. The molecule has 0 radical (unpaired) electrons. The molecule has 0 aliphatic heterocycles. The smallest absolute Gasteiger partial charge is 0.240 e. The van der Waals surface area contributed by atoms with Crippen LogP contribution in [-0.2, 0) is 20.8 Å². The number of nitrogens with one attached hydrogen (secondary N) is 1. The summed E-state index contributed by atoms with van der Waals surface area (Å²) < 4.78 is 0. The molecule has 1 atom stereocenters. The lowest BCUT2D eigenvalue weighted by molar-refractivity contribution is -0.126. The second-order valence-electron chi connectivity index (χ2n) is 4.44. The van der Waals surface area contributed by atoms with Crippen LogP contribution in [0.25, 0.3) is 0 Å². The van der Waals surface area contributed by atoms with E-state index in [9.17, 15) is 19.2 Å². The number of amides is 2. The molecule has 1 aromatic rings. The first kappa shape index (κ1) is 15.6. The van der Waals surface area contributed by atoms with Gasteiger partial charge in [-0.3, -0.25) is 19.2 Å². The molecular formula is C14H16N2O4. The minimum atomic E-state index is -0.804. The summed E-state index contributed by atoms with van der Waals surface area (Å²) in [7, 11) is 0. The lowest BCUT2D eigenvalue weighted by atomic mass is 10.0. The van der Waals surface area contributed by atoms with E-state index in [2.05, 4.69) is 5.32 Å². The summed E-state index contributed by atoms with van der Waals surface area (Å²) in [5, 5.41) is 2.45. The molecule has 20 heavy (non-hydrogen) atoms. The van der Waals surface area contributed by atoms with Gasteiger partial charge in [0.15, 0.2) is 5.78 Å². The van der Waals surface area contributed by atoms with E-state index in [1.165, 1.54) is 26.0 Å². The molecule has 0 aliphatic rings. The molecule has 1 rings (SSSR count). The maximum atomic E-state index is 11.5. The molecule has 6 heteroatoms. The minimum Gasteiger partial charge on any atom is -0.368 e. The Morgan fingerprint density at radius 3 is 2.05 bits per heavy atom. The fourth-order valence-electron chi connectivity index (χ4n) is 1.70. The zero-order chi connectivity index (χ0) is 15.3. The average Bonchev–Trinajstić information content (AvgIpc) is 2.37. The lowest BCUT2D eigenvalue weighted by Crippen LogP contribution is -2.44. The van der Waals surface area contributed by atoms with Crippen LogP contribution >= 0.6 is 0 Å². The zero-order valence-electron chi connectivity index (χ0n) is 11.3. The third-order valence-electron chi connectivity index (χ3n) is 2.70. The summed E-state index contributed by atoms with van der Waals surface area (Å²) in [5.41, 5.74) is 6.21. The first-order valence-electron chi connectivity index (χ1n) is 6.02. The van der Waals surface area contributed by atoms with Crippen LogP contribution in [0.1, 0.15) is 29.8 Å². The number of ketones is 2. The summed E-state index contributed by atoms with van der Waals surface area (Å²) in [6.45, 7) is 2.50. The molecule has 0 bridgehead atoms. The van der Waals surface area contributed by atoms with Gasteiger partial charge in [-0.25, -0.2) is 0 Å². The van der Waals surface area contributed by atoms with E-state index in [4.69, 9.17) is 5.73 Å². The third kappa shape index (κ3) is 4.31. The Kier molecular flexibility index (Phi) is 5.14. The molecule has 0 unspecified atom stereocenters. The molecule has 0 saturated carbocycles. The van der Waals surface area contributed by atoms with Crippen LogP contribution in [0.2, 0.25) is 0 Å². The quantitative estimate of drug-likeness (QED) is 0.563. The molecule has 0 aromatic heterocycles. The van der Waals surface area contributed by atoms with Gasteiger partial charge in [-0.1, -0.05) is 24.3 Å². The van der Waals surface area contributed by atoms with Crippen molar-refractivity contribution in [2.75, 3.05) is 0 Å². The van der Waals surface area contributed by atoms with Crippen LogP contribution in [0.4, 0.5) is 0 Å². The number of rotatable bonds is 6. The standard InChI is InChI=1S/C14H16N2O4/c1-8(17)13(19)11-5-3-10(4-6-11)7-12(14(15)20)16-9(2)18/h3-6,12H,7H2,1-2H3,(H2,15,20)(H,16,18)/t12-/m0/s1. The van der Waals surface area contributed by atoms with Crippen molar-refractivity contribution < 1.29 is 19.2 Å². The van der Waals surface area contributed by atoms with Crippen molar-refractivity contribution in [3.05, 3.63) is 35.4 Å². The number of primary amides is 1. The lowest BCUT2D eigenvalue weighted by Gasteiger charge is -2.14. The first-order valence-corrected chi connectivity index (χ1v) is 6.02. The Bertz CT molecular complexity index is 549. The van der Waals surface area contributed by atoms with Gasteiger partial charge in [-0.2, -0.15) is 0 Å². The summed E-state index contributed by atoms with van der Waals surface area (Å²) in [4.78, 5) is 44.6. The third-order valence-corrected chi connectivity index (χ3v) is 2.70. The predicted octanol–water partition coefficient (Wildman–Crippen LogP) is -0.00920. The Balaban J connectivity index is 2.82. The summed E-state index contributed by atoms with van der Waals surface area (Å²) >= 11 is 0. The van der Waals surface area contributed by atoms with Crippen molar-refractivity contribution in [1.29, 1.82) is 0 Å². The van der Waals surface area contributed by atoms with Crippen LogP contribution in [-0.4, -0.2) is 29.4 Å². The molecule has 3 N–H and O–H groups in total. The fourth-order valence-corrected chi connectivity index (χ4v) is 1.70. The molecule has 6 nitrogen and oxygen atoms in total. The SMILES string of the molecule is CC(=O)N[C@@H](Cc1ccc(C(=O)C(C)=O)cc1)C(N)=O. The van der Waals surface area contributed by atoms with E-state index in [1.807, 2.05) is 0 Å². The van der Waals surface area contributed by atoms with E-state index in [-0.39, 0.29) is 17.9 Å². The number of Topliss-reactive ketones (excluding diaryl/α,β-unsaturated/α-hetero) is 2. The normalized spacial score (nSPS) is 11.5. The van der Waals surface area contributed by atoms with Crippen molar-refractivity contribution in [2.24, 2.45) is 5.73 Å². The first-order chi connectivity index (χ1) is 9.31. The van der Waals surface area contributed by atoms with Crippen molar-refractivity contribution >= 4 is 23.4 Å². The zero-order valence-corrected chi connectivity index (χ0v) is 11.3. The van der Waals surface area contributed by atoms with Crippen LogP contribution in [0.15, 0.2) is 24.3 Å². The van der Waals surface area contributed by atoms with Gasteiger partial charge in [0.25, 0.3) is 0 Å². The van der Waals surface area contributed by atoms with Gasteiger partial charge in [-0.05, 0) is 5.56 Å². The maximum absolute atomic E-state index is 11.5. The van der Waals surface area contributed by atoms with Crippen molar-refractivity contribution in [2.45, 2.75) is 26.3 Å². The Morgan fingerprint density at radius 2 is 1.65 bits per heavy atom. The summed E-state index contributed by atoms with van der Waals surface area (Å²) in [6, 6.07) is 5.44. The van der Waals surface area contributed by atoms with Gasteiger partial charge in [-0.15, -0.1) is 0 Å². The van der Waals surface area contributed by atoms with Crippen LogP contribution in [0, 0.1) is 0 Å². The summed E-state index contributed by atoms with van der Waals surface area (Å²) in [6.07, 6.45) is 0.226. The minimum absolute atomic E-state index is 0.226. The van der Waals surface area contributed by atoms with E-state index in [0.29, 0.717) is 0 Å². The second-order valence-corrected chi connectivity index (χ2v) is 4.44. The molecule has 0 aliphatic carbocycles. The number of carbonyl (C=O) groups excluding carboxylic acids is 4.